The summed E-state index contributed by atoms with van der Waals surface area (Å²) in [6.45, 7) is 5.35. The van der Waals surface area contributed by atoms with E-state index in [-0.39, 0.29) is 0 Å². The molecule has 1 fully saturated rings. The minimum absolute atomic E-state index is 0.834. The zero-order valence-electron chi connectivity index (χ0n) is 10.4. The molecule has 2 heteroatoms. The van der Waals surface area contributed by atoms with Crippen LogP contribution in [0.4, 0.5) is 0 Å². The van der Waals surface area contributed by atoms with Gasteiger partial charge in [0.15, 0.2) is 0 Å². The molecule has 1 unspecified atom stereocenters. The smallest absolute Gasteiger partial charge is 0.0587 e. The van der Waals surface area contributed by atoms with Crippen LogP contribution in [0, 0.1) is 11.8 Å². The Balaban J connectivity index is 2.15. The molecule has 0 saturated heterocycles. The van der Waals surface area contributed by atoms with Gasteiger partial charge >= 0.3 is 0 Å². The maximum atomic E-state index is 5.04. The third-order valence-electron chi connectivity index (χ3n) is 3.73. The van der Waals surface area contributed by atoms with E-state index >= 15 is 0 Å². The van der Waals surface area contributed by atoms with Gasteiger partial charge in [-0.25, -0.2) is 0 Å². The number of nitrogens with one attached hydrogen (secondary N) is 1. The molecule has 15 heavy (non-hydrogen) atoms. The fourth-order valence-electron chi connectivity index (χ4n) is 2.71. The van der Waals surface area contributed by atoms with E-state index in [4.69, 9.17) is 4.74 Å². The van der Waals surface area contributed by atoms with Crippen molar-refractivity contribution in [2.24, 2.45) is 11.8 Å². The Morgan fingerprint density at radius 2 is 2.00 bits per heavy atom. The van der Waals surface area contributed by atoms with Gasteiger partial charge in [-0.3, -0.25) is 0 Å². The van der Waals surface area contributed by atoms with Crippen molar-refractivity contribution in [3.8, 4) is 0 Å². The predicted molar refractivity (Wildman–Crippen MR) is 65.1 cm³/mol. The molecular formula is C13H27NO. The molecule has 2 nitrogen and oxygen atoms in total. The van der Waals surface area contributed by atoms with E-state index in [1.54, 1.807) is 7.11 Å². The molecule has 0 bridgehead atoms. The molecule has 90 valence electrons. The van der Waals surface area contributed by atoms with Gasteiger partial charge in [0.1, 0.15) is 0 Å². The first-order chi connectivity index (χ1) is 7.38. The lowest BCUT2D eigenvalue weighted by Crippen LogP contribution is -2.31. The molecule has 0 aromatic rings. The maximum absolute atomic E-state index is 5.04. The minimum atomic E-state index is 0.834. The van der Waals surface area contributed by atoms with Gasteiger partial charge in [0.2, 0.25) is 0 Å². The molecule has 0 amide bonds. The van der Waals surface area contributed by atoms with Gasteiger partial charge in [-0.1, -0.05) is 45.4 Å². The van der Waals surface area contributed by atoms with Crippen molar-refractivity contribution in [2.75, 3.05) is 26.8 Å². The largest absolute Gasteiger partial charge is 0.383 e. The molecule has 1 aliphatic rings. The summed E-state index contributed by atoms with van der Waals surface area (Å²) in [6.07, 6.45) is 8.63. The Morgan fingerprint density at radius 1 is 1.27 bits per heavy atom. The summed E-state index contributed by atoms with van der Waals surface area (Å²) in [6, 6.07) is 0. The van der Waals surface area contributed by atoms with Crippen LogP contribution in [0.3, 0.4) is 0 Å². The number of rotatable bonds is 7. The van der Waals surface area contributed by atoms with Crippen LogP contribution in [-0.4, -0.2) is 26.8 Å². The van der Waals surface area contributed by atoms with Crippen molar-refractivity contribution in [3.05, 3.63) is 0 Å². The number of ether oxygens (including phenoxy) is 1. The summed E-state index contributed by atoms with van der Waals surface area (Å²) in [5.41, 5.74) is 0. The van der Waals surface area contributed by atoms with Crippen LogP contribution in [-0.2, 0) is 4.74 Å². The average Bonchev–Trinajstić information content (AvgIpc) is 2.30. The first-order valence-corrected chi connectivity index (χ1v) is 6.58. The maximum Gasteiger partial charge on any atom is 0.0587 e. The standard InChI is InChI=1S/C13H27NO/c1-3-12(11-14-9-10-15-2)13-7-5-4-6-8-13/h12-14H,3-11H2,1-2H3. The van der Waals surface area contributed by atoms with Crippen molar-refractivity contribution < 1.29 is 4.74 Å². The van der Waals surface area contributed by atoms with Gasteiger partial charge in [0.05, 0.1) is 6.61 Å². The zero-order valence-corrected chi connectivity index (χ0v) is 10.4. The van der Waals surface area contributed by atoms with Crippen molar-refractivity contribution in [3.63, 3.8) is 0 Å². The van der Waals surface area contributed by atoms with Gasteiger partial charge in [0, 0.05) is 13.7 Å². The summed E-state index contributed by atoms with van der Waals surface area (Å²) in [5.74, 6) is 1.88. The molecule has 0 spiro atoms. The number of hydrogen-bond acceptors (Lipinski definition) is 2. The predicted octanol–water partition coefficient (Wildman–Crippen LogP) is 2.83. The van der Waals surface area contributed by atoms with Gasteiger partial charge in [-0.05, 0) is 18.4 Å². The summed E-state index contributed by atoms with van der Waals surface area (Å²) < 4.78 is 5.04. The quantitative estimate of drug-likeness (QED) is 0.657. The Bertz CT molecular complexity index is 143. The summed E-state index contributed by atoms with van der Waals surface area (Å²) in [5, 5.41) is 3.51. The second kappa shape index (κ2) is 8.12. The Hall–Kier alpha value is -0.0800. The Morgan fingerprint density at radius 3 is 2.60 bits per heavy atom. The van der Waals surface area contributed by atoms with Crippen molar-refractivity contribution in [1.29, 1.82) is 0 Å². The van der Waals surface area contributed by atoms with E-state index in [9.17, 15) is 0 Å². The van der Waals surface area contributed by atoms with Crippen molar-refractivity contribution in [1.82, 2.24) is 5.32 Å². The fraction of sp³-hybridized carbons (Fsp3) is 1.00. The minimum Gasteiger partial charge on any atom is -0.383 e. The summed E-state index contributed by atoms with van der Waals surface area (Å²) in [4.78, 5) is 0. The van der Waals surface area contributed by atoms with Crippen LogP contribution < -0.4 is 5.32 Å². The van der Waals surface area contributed by atoms with Crippen LogP contribution in [0.5, 0.6) is 0 Å². The normalized spacial score (nSPS) is 20.4. The topological polar surface area (TPSA) is 21.3 Å². The van der Waals surface area contributed by atoms with Gasteiger partial charge in [-0.2, -0.15) is 0 Å². The lowest BCUT2D eigenvalue weighted by Gasteiger charge is -2.29. The molecule has 1 N–H and O–H groups in total. The van der Waals surface area contributed by atoms with Crippen LogP contribution in [0.25, 0.3) is 0 Å². The highest BCUT2D eigenvalue weighted by molar-refractivity contribution is 4.74. The molecule has 0 aliphatic heterocycles. The van der Waals surface area contributed by atoms with Gasteiger partial charge in [0.25, 0.3) is 0 Å². The third kappa shape index (κ3) is 4.98. The molecule has 0 aromatic carbocycles. The van der Waals surface area contributed by atoms with E-state index in [0.717, 1.165) is 25.0 Å². The Kier molecular flexibility index (Phi) is 7.03. The second-order valence-electron chi connectivity index (χ2n) is 4.76. The van der Waals surface area contributed by atoms with Crippen LogP contribution in [0.2, 0.25) is 0 Å². The SMILES string of the molecule is CCC(CNCCOC)C1CCCCC1. The fourth-order valence-corrected chi connectivity index (χ4v) is 2.71. The average molecular weight is 213 g/mol. The van der Waals surface area contributed by atoms with Crippen LogP contribution >= 0.6 is 0 Å². The van der Waals surface area contributed by atoms with E-state index in [1.165, 1.54) is 45.1 Å². The second-order valence-corrected chi connectivity index (χ2v) is 4.76. The van der Waals surface area contributed by atoms with Gasteiger partial charge in [-0.15, -0.1) is 0 Å². The summed E-state index contributed by atoms with van der Waals surface area (Å²) >= 11 is 0. The summed E-state index contributed by atoms with van der Waals surface area (Å²) in [7, 11) is 1.76. The molecule has 1 atom stereocenters. The molecular weight excluding hydrogens is 186 g/mol. The molecule has 1 rings (SSSR count). The van der Waals surface area contributed by atoms with E-state index in [1.807, 2.05) is 0 Å². The number of hydrogen-bond donors (Lipinski definition) is 1. The Labute approximate surface area is 94.8 Å². The first-order valence-electron chi connectivity index (χ1n) is 6.58. The van der Waals surface area contributed by atoms with E-state index in [2.05, 4.69) is 12.2 Å². The van der Waals surface area contributed by atoms with Gasteiger partial charge < -0.3 is 10.1 Å². The third-order valence-corrected chi connectivity index (χ3v) is 3.73. The van der Waals surface area contributed by atoms with Crippen LogP contribution in [0.1, 0.15) is 45.4 Å². The monoisotopic (exact) mass is 213 g/mol. The van der Waals surface area contributed by atoms with E-state index in [0.29, 0.717) is 0 Å². The molecule has 1 saturated carbocycles. The first kappa shape index (κ1) is 13.0. The number of methoxy groups -OCH3 is 1. The van der Waals surface area contributed by atoms with Crippen LogP contribution in [0.15, 0.2) is 0 Å². The zero-order chi connectivity index (χ0) is 10.9. The van der Waals surface area contributed by atoms with E-state index < -0.39 is 0 Å². The lowest BCUT2D eigenvalue weighted by molar-refractivity contribution is 0.189. The molecule has 0 heterocycles. The lowest BCUT2D eigenvalue weighted by atomic mass is 9.79. The highest BCUT2D eigenvalue weighted by Crippen LogP contribution is 2.31. The molecule has 1 aliphatic carbocycles. The highest BCUT2D eigenvalue weighted by Gasteiger charge is 2.21. The molecule has 0 aromatic heterocycles. The molecule has 0 radical (unpaired) electrons. The van der Waals surface area contributed by atoms with Crippen molar-refractivity contribution in [2.45, 2.75) is 45.4 Å². The highest BCUT2D eigenvalue weighted by atomic mass is 16.5. The van der Waals surface area contributed by atoms with Crippen molar-refractivity contribution >= 4 is 0 Å².